The predicted molar refractivity (Wildman–Crippen MR) is 79.5 cm³/mol. The van der Waals surface area contributed by atoms with E-state index in [0.29, 0.717) is 10.6 Å². The highest BCUT2D eigenvalue weighted by Crippen LogP contribution is 2.24. The first-order chi connectivity index (χ1) is 9.83. The first-order valence-electron chi connectivity index (χ1n) is 5.66. The molecule has 1 N–H and O–H groups in total. The van der Waals surface area contributed by atoms with E-state index in [1.165, 1.54) is 19.2 Å². The van der Waals surface area contributed by atoms with Crippen LogP contribution in [0.25, 0.3) is 0 Å². The van der Waals surface area contributed by atoms with Crippen LogP contribution in [0, 0.1) is 6.92 Å². The summed E-state index contributed by atoms with van der Waals surface area (Å²) >= 11 is 6.63. The summed E-state index contributed by atoms with van der Waals surface area (Å²) in [6.07, 6.45) is 1.13. The number of methoxy groups -OCH3 is 1. The van der Waals surface area contributed by atoms with Crippen LogP contribution in [0.4, 0.5) is 0 Å². The third kappa shape index (κ3) is 3.52. The Kier molecular flexibility index (Phi) is 4.50. The lowest BCUT2D eigenvalue weighted by Gasteiger charge is -2.07. The van der Waals surface area contributed by atoms with Crippen molar-refractivity contribution < 1.29 is 17.9 Å². The standard InChI is InChI=1S/C12H11ClN2O4S2/c1-7-5-8(13)3-4-9(7)11(16)15-21(17,18)10-6-14-12(19-2)20-10/h3-6H,1-2H3,(H,15,16). The average Bonchev–Trinajstić information content (AvgIpc) is 2.87. The molecule has 0 fully saturated rings. The van der Waals surface area contributed by atoms with Gasteiger partial charge < -0.3 is 4.74 Å². The van der Waals surface area contributed by atoms with E-state index in [1.807, 2.05) is 4.72 Å². The molecule has 0 atom stereocenters. The monoisotopic (exact) mass is 346 g/mol. The Balaban J connectivity index is 2.25. The van der Waals surface area contributed by atoms with Gasteiger partial charge in [0.05, 0.1) is 13.3 Å². The highest BCUT2D eigenvalue weighted by Gasteiger charge is 2.22. The first-order valence-corrected chi connectivity index (χ1v) is 8.34. The number of aryl methyl sites for hydroxylation is 1. The van der Waals surface area contributed by atoms with Gasteiger partial charge in [0.1, 0.15) is 0 Å². The fourth-order valence-corrected chi connectivity index (χ4v) is 3.69. The van der Waals surface area contributed by atoms with Crippen LogP contribution in [0.15, 0.2) is 28.6 Å². The smallest absolute Gasteiger partial charge is 0.275 e. The zero-order valence-corrected chi connectivity index (χ0v) is 13.5. The highest BCUT2D eigenvalue weighted by atomic mass is 35.5. The number of thiazole rings is 1. The molecule has 2 rings (SSSR count). The first kappa shape index (κ1) is 15.7. The lowest BCUT2D eigenvalue weighted by atomic mass is 10.1. The largest absolute Gasteiger partial charge is 0.473 e. The van der Waals surface area contributed by atoms with Gasteiger partial charge in [0.15, 0.2) is 4.21 Å². The summed E-state index contributed by atoms with van der Waals surface area (Å²) in [6.45, 7) is 1.67. The van der Waals surface area contributed by atoms with Crippen molar-refractivity contribution in [2.75, 3.05) is 7.11 Å². The number of carbonyl (C=O) groups is 1. The fraction of sp³-hybridized carbons (Fsp3) is 0.167. The molecule has 0 aliphatic carbocycles. The van der Waals surface area contributed by atoms with Crippen molar-refractivity contribution in [3.05, 3.63) is 40.5 Å². The Bertz CT molecular complexity index is 786. The van der Waals surface area contributed by atoms with Gasteiger partial charge in [0, 0.05) is 10.6 Å². The van der Waals surface area contributed by atoms with Gasteiger partial charge in [-0.15, -0.1) is 0 Å². The Morgan fingerprint density at radius 3 is 2.71 bits per heavy atom. The van der Waals surface area contributed by atoms with Crippen LogP contribution >= 0.6 is 22.9 Å². The third-order valence-corrected chi connectivity index (χ3v) is 5.55. The molecular weight excluding hydrogens is 336 g/mol. The van der Waals surface area contributed by atoms with Gasteiger partial charge in [-0.3, -0.25) is 4.79 Å². The molecule has 0 unspecified atom stereocenters. The second-order valence-corrected chi connectivity index (χ2v) is 7.38. The van der Waals surface area contributed by atoms with Crippen molar-refractivity contribution in [3.8, 4) is 5.19 Å². The van der Waals surface area contributed by atoms with E-state index < -0.39 is 15.9 Å². The molecule has 6 nitrogen and oxygen atoms in total. The Hall–Kier alpha value is -1.64. The van der Waals surface area contributed by atoms with Crippen LogP contribution in [0.3, 0.4) is 0 Å². The normalized spacial score (nSPS) is 11.2. The number of ether oxygens (including phenoxy) is 1. The van der Waals surface area contributed by atoms with Gasteiger partial charge in [0.2, 0.25) is 0 Å². The number of hydrogen-bond donors (Lipinski definition) is 1. The van der Waals surface area contributed by atoms with Gasteiger partial charge in [0.25, 0.3) is 21.1 Å². The zero-order chi connectivity index (χ0) is 15.6. The van der Waals surface area contributed by atoms with Crippen molar-refractivity contribution in [2.45, 2.75) is 11.1 Å². The van der Waals surface area contributed by atoms with E-state index in [9.17, 15) is 13.2 Å². The SMILES string of the molecule is COc1ncc(S(=O)(=O)NC(=O)c2ccc(Cl)cc2C)s1. The maximum atomic E-state index is 12.1. The number of amides is 1. The van der Waals surface area contributed by atoms with E-state index in [-0.39, 0.29) is 15.0 Å². The maximum Gasteiger partial charge on any atom is 0.275 e. The number of benzene rings is 1. The molecule has 0 spiro atoms. The van der Waals surface area contributed by atoms with Crippen LogP contribution < -0.4 is 9.46 Å². The second kappa shape index (κ2) is 6.00. The minimum absolute atomic E-state index is 0.0979. The number of aromatic nitrogens is 1. The quantitative estimate of drug-likeness (QED) is 0.917. The van der Waals surface area contributed by atoms with Crippen molar-refractivity contribution in [1.82, 2.24) is 9.71 Å². The zero-order valence-electron chi connectivity index (χ0n) is 11.1. The van der Waals surface area contributed by atoms with E-state index >= 15 is 0 Å². The minimum Gasteiger partial charge on any atom is -0.473 e. The number of hydrogen-bond acceptors (Lipinski definition) is 6. The van der Waals surface area contributed by atoms with Crippen molar-refractivity contribution in [1.29, 1.82) is 0 Å². The van der Waals surface area contributed by atoms with Gasteiger partial charge in [-0.05, 0) is 30.7 Å². The third-order valence-electron chi connectivity index (χ3n) is 2.56. The molecule has 9 heteroatoms. The Labute approximate surface area is 130 Å². The van der Waals surface area contributed by atoms with Crippen molar-refractivity contribution in [2.24, 2.45) is 0 Å². The second-order valence-electron chi connectivity index (χ2n) is 4.04. The summed E-state index contributed by atoms with van der Waals surface area (Å²) in [6, 6.07) is 4.57. The lowest BCUT2D eigenvalue weighted by molar-refractivity contribution is 0.0981. The molecule has 112 valence electrons. The molecule has 1 aromatic heterocycles. The molecule has 1 aromatic carbocycles. The van der Waals surface area contributed by atoms with Crippen molar-refractivity contribution in [3.63, 3.8) is 0 Å². The molecule has 2 aromatic rings. The number of nitrogens with one attached hydrogen (secondary N) is 1. The molecule has 0 aliphatic rings. The van der Waals surface area contributed by atoms with E-state index in [1.54, 1.807) is 13.0 Å². The molecule has 0 radical (unpaired) electrons. The number of carbonyl (C=O) groups excluding carboxylic acids is 1. The van der Waals surface area contributed by atoms with E-state index in [0.717, 1.165) is 17.5 Å². The van der Waals surface area contributed by atoms with E-state index in [2.05, 4.69) is 4.98 Å². The maximum absolute atomic E-state index is 12.1. The summed E-state index contributed by atoms with van der Waals surface area (Å²) in [4.78, 5) is 15.8. The predicted octanol–water partition coefficient (Wildman–Crippen LogP) is 2.23. The van der Waals surface area contributed by atoms with Crippen LogP contribution in [0.2, 0.25) is 5.02 Å². The number of halogens is 1. The van der Waals surface area contributed by atoms with Crippen molar-refractivity contribution >= 4 is 38.9 Å². The summed E-state index contributed by atoms with van der Waals surface area (Å²) < 4.78 is 30.9. The van der Waals surface area contributed by atoms with Gasteiger partial charge in [-0.1, -0.05) is 22.9 Å². The minimum atomic E-state index is -3.98. The molecule has 0 aliphatic heterocycles. The summed E-state index contributed by atoms with van der Waals surface area (Å²) in [5.74, 6) is -0.725. The number of rotatable bonds is 4. The Morgan fingerprint density at radius 2 is 2.14 bits per heavy atom. The van der Waals surface area contributed by atoms with Crippen LogP contribution in [-0.4, -0.2) is 26.4 Å². The van der Waals surface area contributed by atoms with Crippen LogP contribution in [0.1, 0.15) is 15.9 Å². The lowest BCUT2D eigenvalue weighted by Crippen LogP contribution is -2.30. The molecule has 0 bridgehead atoms. The van der Waals surface area contributed by atoms with Gasteiger partial charge >= 0.3 is 0 Å². The van der Waals surface area contributed by atoms with Gasteiger partial charge in [-0.2, -0.15) is 0 Å². The molecule has 1 heterocycles. The van der Waals surface area contributed by atoms with Crippen LogP contribution in [0.5, 0.6) is 5.19 Å². The topological polar surface area (TPSA) is 85.4 Å². The molecular formula is C12H11ClN2O4S2. The number of nitrogens with zero attached hydrogens (tertiary/aromatic N) is 1. The van der Waals surface area contributed by atoms with E-state index in [4.69, 9.17) is 16.3 Å². The summed E-state index contributed by atoms with van der Waals surface area (Å²) in [7, 11) is -2.60. The fourth-order valence-electron chi connectivity index (χ4n) is 1.57. The summed E-state index contributed by atoms with van der Waals surface area (Å²) in [5.41, 5.74) is 0.816. The molecule has 21 heavy (non-hydrogen) atoms. The summed E-state index contributed by atoms with van der Waals surface area (Å²) in [5, 5.41) is 0.671. The number of sulfonamides is 1. The molecule has 0 saturated carbocycles. The average molecular weight is 347 g/mol. The molecule has 0 saturated heterocycles. The molecule has 1 amide bonds. The Morgan fingerprint density at radius 1 is 1.43 bits per heavy atom. The highest BCUT2D eigenvalue weighted by molar-refractivity contribution is 7.92. The van der Waals surface area contributed by atoms with Gasteiger partial charge in [-0.25, -0.2) is 18.1 Å². The van der Waals surface area contributed by atoms with Crippen LogP contribution in [-0.2, 0) is 10.0 Å².